The van der Waals surface area contributed by atoms with E-state index in [1.807, 2.05) is 0 Å². The summed E-state index contributed by atoms with van der Waals surface area (Å²) < 4.78 is 24.3. The topological polar surface area (TPSA) is 107 Å². The lowest BCUT2D eigenvalue weighted by Crippen LogP contribution is -2.24. The number of carbonyl (C=O) groups excluding carboxylic acids is 1. The molecule has 2 aromatic carbocycles. The number of furan rings is 1. The van der Waals surface area contributed by atoms with E-state index in [2.05, 4.69) is 10.5 Å². The SMILES string of the molecule is O=C(COc1ccccc1[N+](=O)[O-])N/N=C\c1ccc(-c2ccccc2F)o1. The van der Waals surface area contributed by atoms with Crippen LogP contribution >= 0.6 is 0 Å². The molecule has 0 aliphatic heterocycles. The number of nitro groups is 1. The second kappa shape index (κ2) is 8.58. The van der Waals surface area contributed by atoms with Crippen LogP contribution in [0.3, 0.4) is 0 Å². The number of ether oxygens (including phenoxy) is 1. The van der Waals surface area contributed by atoms with Gasteiger partial charge in [0.2, 0.25) is 0 Å². The molecule has 0 fully saturated rings. The zero-order valence-corrected chi connectivity index (χ0v) is 14.4. The van der Waals surface area contributed by atoms with Gasteiger partial charge in [0.15, 0.2) is 12.4 Å². The fourth-order valence-corrected chi connectivity index (χ4v) is 2.30. The van der Waals surface area contributed by atoms with Gasteiger partial charge in [-0.25, -0.2) is 9.82 Å². The lowest BCUT2D eigenvalue weighted by atomic mass is 10.1. The Bertz CT molecular complexity index is 1030. The number of para-hydroxylation sites is 2. The molecule has 1 N–H and O–H groups in total. The second-order valence-electron chi connectivity index (χ2n) is 5.49. The van der Waals surface area contributed by atoms with Crippen molar-refractivity contribution in [3.8, 4) is 17.1 Å². The van der Waals surface area contributed by atoms with Gasteiger partial charge in [-0.2, -0.15) is 5.10 Å². The summed E-state index contributed by atoms with van der Waals surface area (Å²) in [4.78, 5) is 22.0. The minimum Gasteiger partial charge on any atom is -0.477 e. The molecule has 0 radical (unpaired) electrons. The van der Waals surface area contributed by atoms with Crippen molar-refractivity contribution in [3.63, 3.8) is 0 Å². The van der Waals surface area contributed by atoms with Crippen molar-refractivity contribution >= 4 is 17.8 Å². The number of halogens is 1. The van der Waals surface area contributed by atoms with E-state index in [9.17, 15) is 19.3 Å². The summed E-state index contributed by atoms with van der Waals surface area (Å²) in [5.41, 5.74) is 2.28. The third-order valence-corrected chi connectivity index (χ3v) is 3.57. The van der Waals surface area contributed by atoms with E-state index >= 15 is 0 Å². The molecular formula is C19H14FN3O5. The number of rotatable bonds is 7. The lowest BCUT2D eigenvalue weighted by molar-refractivity contribution is -0.385. The number of hydrogen-bond donors (Lipinski definition) is 1. The Morgan fingerprint density at radius 2 is 1.93 bits per heavy atom. The first-order valence-electron chi connectivity index (χ1n) is 8.07. The van der Waals surface area contributed by atoms with Gasteiger partial charge in [-0.15, -0.1) is 0 Å². The highest BCUT2D eigenvalue weighted by atomic mass is 19.1. The van der Waals surface area contributed by atoms with Crippen LogP contribution in [0.5, 0.6) is 5.75 Å². The van der Waals surface area contributed by atoms with Crippen molar-refractivity contribution in [3.05, 3.63) is 82.4 Å². The minimum absolute atomic E-state index is 0.0211. The average Bonchev–Trinajstić information content (AvgIpc) is 3.15. The van der Waals surface area contributed by atoms with Crippen molar-refractivity contribution in [2.24, 2.45) is 5.10 Å². The molecule has 0 aliphatic rings. The van der Waals surface area contributed by atoms with E-state index in [0.717, 1.165) is 0 Å². The molecule has 9 heteroatoms. The molecule has 0 unspecified atom stereocenters. The van der Waals surface area contributed by atoms with E-state index in [1.165, 1.54) is 30.5 Å². The second-order valence-corrected chi connectivity index (χ2v) is 5.49. The first-order chi connectivity index (χ1) is 13.5. The molecule has 0 spiro atoms. The molecule has 0 saturated carbocycles. The van der Waals surface area contributed by atoms with E-state index < -0.39 is 23.3 Å². The molecule has 28 heavy (non-hydrogen) atoms. The molecule has 0 bridgehead atoms. The van der Waals surface area contributed by atoms with Crippen LogP contribution in [0.25, 0.3) is 11.3 Å². The summed E-state index contributed by atoms with van der Waals surface area (Å²) in [6, 6.07) is 15.0. The Balaban J connectivity index is 1.55. The monoisotopic (exact) mass is 383 g/mol. The van der Waals surface area contributed by atoms with Crippen LogP contribution in [0.2, 0.25) is 0 Å². The van der Waals surface area contributed by atoms with Crippen molar-refractivity contribution in [1.29, 1.82) is 0 Å². The number of carbonyl (C=O) groups is 1. The fourth-order valence-electron chi connectivity index (χ4n) is 2.30. The third kappa shape index (κ3) is 4.58. The fraction of sp³-hybridized carbons (Fsp3) is 0.0526. The number of nitro benzene ring substituents is 1. The van der Waals surface area contributed by atoms with Crippen LogP contribution in [0.1, 0.15) is 5.76 Å². The molecule has 8 nitrogen and oxygen atoms in total. The van der Waals surface area contributed by atoms with Crippen LogP contribution in [0.4, 0.5) is 10.1 Å². The standard InChI is InChI=1S/C19H14FN3O5/c20-15-6-2-1-5-14(15)17-10-9-13(28-17)11-21-22-19(24)12-27-18-8-4-3-7-16(18)23(25)26/h1-11H,12H2,(H,22,24)/b21-11-. The smallest absolute Gasteiger partial charge is 0.310 e. The highest BCUT2D eigenvalue weighted by Crippen LogP contribution is 2.26. The molecule has 3 aromatic rings. The Kier molecular flexibility index (Phi) is 5.75. The van der Waals surface area contributed by atoms with Crippen LogP contribution in [0, 0.1) is 15.9 Å². The Morgan fingerprint density at radius 3 is 2.71 bits per heavy atom. The maximum atomic E-state index is 13.7. The number of nitrogens with one attached hydrogen (secondary N) is 1. The number of hydrogen-bond acceptors (Lipinski definition) is 6. The maximum absolute atomic E-state index is 13.7. The van der Waals surface area contributed by atoms with E-state index in [0.29, 0.717) is 17.1 Å². The van der Waals surface area contributed by atoms with E-state index in [1.54, 1.807) is 36.4 Å². The minimum atomic E-state index is -0.615. The lowest BCUT2D eigenvalue weighted by Gasteiger charge is -2.05. The predicted molar refractivity (Wildman–Crippen MR) is 98.4 cm³/mol. The van der Waals surface area contributed by atoms with Gasteiger partial charge >= 0.3 is 5.69 Å². The van der Waals surface area contributed by atoms with Gasteiger partial charge in [-0.05, 0) is 30.3 Å². The third-order valence-electron chi connectivity index (χ3n) is 3.57. The van der Waals surface area contributed by atoms with Gasteiger partial charge in [0.1, 0.15) is 17.3 Å². The van der Waals surface area contributed by atoms with Crippen molar-refractivity contribution in [2.75, 3.05) is 6.61 Å². The molecule has 3 rings (SSSR count). The van der Waals surface area contributed by atoms with E-state index in [4.69, 9.17) is 9.15 Å². The molecule has 0 saturated heterocycles. The quantitative estimate of drug-likeness (QED) is 0.382. The summed E-state index contributed by atoms with van der Waals surface area (Å²) >= 11 is 0. The predicted octanol–water partition coefficient (Wildman–Crippen LogP) is 3.52. The van der Waals surface area contributed by atoms with Gasteiger partial charge in [-0.3, -0.25) is 14.9 Å². The zero-order valence-electron chi connectivity index (χ0n) is 14.4. The Hall–Kier alpha value is -4.01. The normalized spacial score (nSPS) is 10.8. The highest BCUT2D eigenvalue weighted by Gasteiger charge is 2.14. The van der Waals surface area contributed by atoms with Crippen LogP contribution in [-0.2, 0) is 4.79 Å². The maximum Gasteiger partial charge on any atom is 0.310 e. The average molecular weight is 383 g/mol. The summed E-state index contributed by atoms with van der Waals surface area (Å²) in [6.07, 6.45) is 1.24. The number of amides is 1. The molecular weight excluding hydrogens is 369 g/mol. The van der Waals surface area contributed by atoms with Gasteiger partial charge in [0.25, 0.3) is 5.91 Å². The van der Waals surface area contributed by atoms with Gasteiger partial charge in [-0.1, -0.05) is 24.3 Å². The number of hydrazone groups is 1. The highest BCUT2D eigenvalue weighted by molar-refractivity contribution is 5.81. The van der Waals surface area contributed by atoms with Crippen LogP contribution in [-0.4, -0.2) is 23.7 Å². The number of nitrogens with zero attached hydrogens (tertiary/aromatic N) is 2. The molecule has 1 amide bonds. The number of benzene rings is 2. The Labute approximate surface area is 158 Å². The van der Waals surface area contributed by atoms with E-state index in [-0.39, 0.29) is 11.4 Å². The van der Waals surface area contributed by atoms with Gasteiger partial charge in [0.05, 0.1) is 16.7 Å². The molecule has 0 aliphatic carbocycles. The summed E-state index contributed by atoms with van der Waals surface area (Å²) in [6.45, 7) is -0.458. The molecule has 142 valence electrons. The molecule has 1 heterocycles. The van der Waals surface area contributed by atoms with Crippen LogP contribution < -0.4 is 10.2 Å². The first kappa shape index (κ1) is 18.8. The van der Waals surface area contributed by atoms with Gasteiger partial charge < -0.3 is 9.15 Å². The zero-order chi connectivity index (χ0) is 19.9. The van der Waals surface area contributed by atoms with Crippen LogP contribution in [0.15, 0.2) is 70.2 Å². The Morgan fingerprint density at radius 1 is 1.18 bits per heavy atom. The summed E-state index contributed by atoms with van der Waals surface area (Å²) in [5, 5.41) is 14.6. The van der Waals surface area contributed by atoms with Crippen molar-refractivity contribution < 1.29 is 23.3 Å². The van der Waals surface area contributed by atoms with Gasteiger partial charge in [0, 0.05) is 6.07 Å². The molecule has 0 atom stereocenters. The molecule has 1 aromatic heterocycles. The van der Waals surface area contributed by atoms with Crippen molar-refractivity contribution in [1.82, 2.24) is 5.43 Å². The van der Waals surface area contributed by atoms with Crippen molar-refractivity contribution in [2.45, 2.75) is 0 Å². The first-order valence-corrected chi connectivity index (χ1v) is 8.07. The summed E-state index contributed by atoms with van der Waals surface area (Å²) in [7, 11) is 0. The largest absolute Gasteiger partial charge is 0.477 e. The summed E-state index contributed by atoms with van der Waals surface area (Å²) in [5.74, 6) is -0.424.